The molecule has 19 heavy (non-hydrogen) atoms. The molecule has 5 nitrogen and oxygen atoms in total. The molecule has 1 aromatic heterocycles. The van der Waals surface area contributed by atoms with Crippen molar-refractivity contribution in [3.8, 4) is 17.1 Å². The van der Waals surface area contributed by atoms with Crippen molar-refractivity contribution >= 4 is 0 Å². The molecular weight excluding hydrogens is 244 g/mol. The molecule has 0 unspecified atom stereocenters. The highest BCUT2D eigenvalue weighted by atomic mass is 16.5. The number of aliphatic hydroxyl groups is 1. The number of fused-ring (bicyclic) bond motifs is 1. The minimum absolute atomic E-state index is 0.211. The van der Waals surface area contributed by atoms with Crippen LogP contribution in [0.4, 0.5) is 0 Å². The van der Waals surface area contributed by atoms with Gasteiger partial charge in [0.1, 0.15) is 5.75 Å². The third-order valence-electron chi connectivity index (χ3n) is 3.85. The van der Waals surface area contributed by atoms with Crippen LogP contribution in [-0.4, -0.2) is 28.0 Å². The summed E-state index contributed by atoms with van der Waals surface area (Å²) in [5.41, 5.74) is 2.15. The largest absolute Gasteiger partial charge is 0.493 e. The zero-order valence-corrected chi connectivity index (χ0v) is 10.4. The van der Waals surface area contributed by atoms with E-state index < -0.39 is 0 Å². The Morgan fingerprint density at radius 3 is 3.00 bits per heavy atom. The standard InChI is InChI=1S/C14H14N2O3/c17-11-6-10(7-11)14-15-13(16-19-14)9-1-2-12-8(5-9)3-4-18-12/h1-2,5,10-11,17H,3-4,6-7H2. The Morgan fingerprint density at radius 2 is 2.16 bits per heavy atom. The highest BCUT2D eigenvalue weighted by Crippen LogP contribution is 2.37. The van der Waals surface area contributed by atoms with Crippen molar-refractivity contribution < 1.29 is 14.4 Å². The number of rotatable bonds is 2. The predicted octanol–water partition coefficient (Wildman–Crippen LogP) is 1.91. The van der Waals surface area contributed by atoms with Crippen LogP contribution in [0.3, 0.4) is 0 Å². The number of hydrogen-bond acceptors (Lipinski definition) is 5. The maximum Gasteiger partial charge on any atom is 0.230 e. The molecule has 0 spiro atoms. The molecule has 98 valence electrons. The molecule has 1 aliphatic carbocycles. The number of aromatic nitrogens is 2. The summed E-state index contributed by atoms with van der Waals surface area (Å²) in [6, 6.07) is 5.97. The lowest BCUT2D eigenvalue weighted by molar-refractivity contribution is 0.0625. The van der Waals surface area contributed by atoms with Crippen molar-refractivity contribution in [1.29, 1.82) is 0 Å². The maximum atomic E-state index is 9.31. The highest BCUT2D eigenvalue weighted by molar-refractivity contribution is 5.59. The van der Waals surface area contributed by atoms with Gasteiger partial charge in [-0.25, -0.2) is 0 Å². The SMILES string of the molecule is OC1CC(c2nc(-c3ccc4c(c3)CCO4)no2)C1. The van der Waals surface area contributed by atoms with Gasteiger partial charge in [-0.05, 0) is 36.6 Å². The maximum absolute atomic E-state index is 9.31. The second-order valence-electron chi connectivity index (χ2n) is 5.20. The van der Waals surface area contributed by atoms with E-state index in [0.717, 1.165) is 37.2 Å². The van der Waals surface area contributed by atoms with Gasteiger partial charge in [0.15, 0.2) is 0 Å². The molecule has 2 aromatic rings. The lowest BCUT2D eigenvalue weighted by Gasteiger charge is -2.27. The Morgan fingerprint density at radius 1 is 1.26 bits per heavy atom. The van der Waals surface area contributed by atoms with Gasteiger partial charge in [-0.3, -0.25) is 0 Å². The van der Waals surface area contributed by atoms with E-state index in [-0.39, 0.29) is 12.0 Å². The summed E-state index contributed by atoms with van der Waals surface area (Å²) in [5.74, 6) is 2.42. The van der Waals surface area contributed by atoms with Gasteiger partial charge in [0.25, 0.3) is 0 Å². The second kappa shape index (κ2) is 4.06. The van der Waals surface area contributed by atoms with Crippen LogP contribution in [0.2, 0.25) is 0 Å². The normalized spacial score (nSPS) is 24.7. The van der Waals surface area contributed by atoms with Crippen LogP contribution in [0, 0.1) is 0 Å². The first kappa shape index (κ1) is 11.0. The Hall–Kier alpha value is -1.88. The zero-order chi connectivity index (χ0) is 12.8. The Labute approximate surface area is 110 Å². The smallest absolute Gasteiger partial charge is 0.230 e. The van der Waals surface area contributed by atoms with Crippen molar-refractivity contribution in [3.63, 3.8) is 0 Å². The van der Waals surface area contributed by atoms with Crippen molar-refractivity contribution in [2.45, 2.75) is 31.3 Å². The molecule has 0 bridgehead atoms. The molecular formula is C14H14N2O3. The monoisotopic (exact) mass is 258 g/mol. The first-order chi connectivity index (χ1) is 9.29. The van der Waals surface area contributed by atoms with Crippen molar-refractivity contribution in [2.75, 3.05) is 6.61 Å². The molecule has 5 heteroatoms. The van der Waals surface area contributed by atoms with Crippen LogP contribution in [0.25, 0.3) is 11.4 Å². The molecule has 0 radical (unpaired) electrons. The van der Waals surface area contributed by atoms with Crippen LogP contribution < -0.4 is 4.74 Å². The van der Waals surface area contributed by atoms with Crippen LogP contribution in [0.15, 0.2) is 22.7 Å². The fourth-order valence-corrected chi connectivity index (χ4v) is 2.63. The number of hydrogen-bond donors (Lipinski definition) is 1. The molecule has 1 N–H and O–H groups in total. The second-order valence-corrected chi connectivity index (χ2v) is 5.20. The van der Waals surface area contributed by atoms with Gasteiger partial charge < -0.3 is 14.4 Å². The van der Waals surface area contributed by atoms with E-state index in [0.29, 0.717) is 11.7 Å². The van der Waals surface area contributed by atoms with Crippen LogP contribution >= 0.6 is 0 Å². The van der Waals surface area contributed by atoms with Gasteiger partial charge in [-0.1, -0.05) is 5.16 Å². The summed E-state index contributed by atoms with van der Waals surface area (Å²) in [6.07, 6.45) is 2.17. The lowest BCUT2D eigenvalue weighted by Crippen LogP contribution is -2.26. The quantitative estimate of drug-likeness (QED) is 0.891. The summed E-state index contributed by atoms with van der Waals surface area (Å²) in [7, 11) is 0. The summed E-state index contributed by atoms with van der Waals surface area (Å²) < 4.78 is 10.8. The molecule has 0 saturated heterocycles. The average molecular weight is 258 g/mol. The van der Waals surface area contributed by atoms with Crippen molar-refractivity contribution in [1.82, 2.24) is 10.1 Å². The third kappa shape index (κ3) is 1.81. The zero-order valence-electron chi connectivity index (χ0n) is 10.4. The van der Waals surface area contributed by atoms with Gasteiger partial charge in [-0.2, -0.15) is 4.98 Å². The van der Waals surface area contributed by atoms with Gasteiger partial charge in [-0.15, -0.1) is 0 Å². The van der Waals surface area contributed by atoms with Crippen LogP contribution in [0.1, 0.15) is 30.2 Å². The average Bonchev–Trinajstić information content (AvgIpc) is 3.02. The summed E-state index contributed by atoms with van der Waals surface area (Å²) in [4.78, 5) is 4.43. The van der Waals surface area contributed by atoms with Gasteiger partial charge >= 0.3 is 0 Å². The van der Waals surface area contributed by atoms with E-state index in [1.165, 1.54) is 5.56 Å². The molecule has 1 saturated carbocycles. The van der Waals surface area contributed by atoms with E-state index in [4.69, 9.17) is 9.26 Å². The van der Waals surface area contributed by atoms with Gasteiger partial charge in [0.2, 0.25) is 11.7 Å². The molecule has 1 aromatic carbocycles. The number of benzene rings is 1. The van der Waals surface area contributed by atoms with Gasteiger partial charge in [0.05, 0.1) is 12.7 Å². The van der Waals surface area contributed by atoms with E-state index in [9.17, 15) is 5.11 Å². The number of nitrogens with zero attached hydrogens (tertiary/aromatic N) is 2. The van der Waals surface area contributed by atoms with Crippen molar-refractivity contribution in [3.05, 3.63) is 29.7 Å². The predicted molar refractivity (Wildman–Crippen MR) is 66.9 cm³/mol. The Balaban J connectivity index is 1.62. The molecule has 1 fully saturated rings. The summed E-state index contributed by atoms with van der Waals surface area (Å²) in [5, 5.41) is 13.3. The van der Waals surface area contributed by atoms with E-state index in [2.05, 4.69) is 16.2 Å². The topological polar surface area (TPSA) is 68.4 Å². The molecule has 1 aliphatic heterocycles. The third-order valence-corrected chi connectivity index (χ3v) is 3.85. The molecule has 4 rings (SSSR count). The van der Waals surface area contributed by atoms with Crippen molar-refractivity contribution in [2.24, 2.45) is 0 Å². The van der Waals surface area contributed by atoms with Gasteiger partial charge in [0, 0.05) is 17.9 Å². The molecule has 2 heterocycles. The molecule has 0 atom stereocenters. The highest BCUT2D eigenvalue weighted by Gasteiger charge is 2.33. The lowest BCUT2D eigenvalue weighted by atomic mass is 9.82. The summed E-state index contributed by atoms with van der Waals surface area (Å²) >= 11 is 0. The van der Waals surface area contributed by atoms with E-state index in [1.54, 1.807) is 0 Å². The van der Waals surface area contributed by atoms with E-state index >= 15 is 0 Å². The first-order valence-electron chi connectivity index (χ1n) is 6.57. The number of ether oxygens (including phenoxy) is 1. The number of aliphatic hydroxyl groups excluding tert-OH is 1. The fourth-order valence-electron chi connectivity index (χ4n) is 2.63. The minimum Gasteiger partial charge on any atom is -0.493 e. The summed E-state index contributed by atoms with van der Waals surface area (Å²) in [6.45, 7) is 0.746. The van der Waals surface area contributed by atoms with Crippen LogP contribution in [0.5, 0.6) is 5.75 Å². The fraction of sp³-hybridized carbons (Fsp3) is 0.429. The molecule has 0 amide bonds. The van der Waals surface area contributed by atoms with E-state index in [1.807, 2.05) is 12.1 Å². The Kier molecular flexibility index (Phi) is 2.35. The first-order valence-corrected chi connectivity index (χ1v) is 6.57. The Bertz CT molecular complexity index is 617. The van der Waals surface area contributed by atoms with Crippen LogP contribution in [-0.2, 0) is 6.42 Å². The minimum atomic E-state index is -0.211. The molecule has 2 aliphatic rings.